The van der Waals surface area contributed by atoms with Crippen LogP contribution in [0.25, 0.3) is 5.57 Å². The lowest BCUT2D eigenvalue weighted by molar-refractivity contribution is -0.136. The number of thioether (sulfide) groups is 1. The van der Waals surface area contributed by atoms with Crippen molar-refractivity contribution in [2.45, 2.75) is 26.7 Å². The number of anilines is 1. The normalized spacial score (nSPS) is 14.4. The van der Waals surface area contributed by atoms with Crippen LogP contribution in [0.2, 0.25) is 0 Å². The maximum Gasteiger partial charge on any atom is 0.267 e. The van der Waals surface area contributed by atoms with Crippen molar-refractivity contribution in [3.63, 3.8) is 0 Å². The maximum absolute atomic E-state index is 12.8. The van der Waals surface area contributed by atoms with E-state index in [0.29, 0.717) is 34.0 Å². The number of carbonyl (C=O) groups is 3. The van der Waals surface area contributed by atoms with Crippen LogP contribution in [0.15, 0.2) is 29.2 Å². The number of hydrogen-bond donors (Lipinski definition) is 2. The molecule has 0 aliphatic carbocycles. The predicted molar refractivity (Wildman–Crippen MR) is 98.8 cm³/mol. The van der Waals surface area contributed by atoms with E-state index in [1.165, 1.54) is 23.6 Å². The maximum atomic E-state index is 12.8. The Bertz CT molecular complexity index is 698. The minimum absolute atomic E-state index is 0.0701. The summed E-state index contributed by atoms with van der Waals surface area (Å²) in [5, 5.41) is 11.7. The molecule has 0 unspecified atom stereocenters. The summed E-state index contributed by atoms with van der Waals surface area (Å²) < 4.78 is 0. The Kier molecular flexibility index (Phi) is 6.78. The van der Waals surface area contributed by atoms with Gasteiger partial charge < -0.3 is 10.4 Å². The van der Waals surface area contributed by atoms with Crippen LogP contribution in [-0.4, -0.2) is 46.6 Å². The van der Waals surface area contributed by atoms with Crippen LogP contribution < -0.4 is 5.32 Å². The molecule has 134 valence electrons. The number of imide groups is 1. The minimum atomic E-state index is -0.300. The molecule has 1 aliphatic rings. The average Bonchev–Trinajstić information content (AvgIpc) is 2.81. The first kappa shape index (κ1) is 19.2. The largest absolute Gasteiger partial charge is 0.396 e. The van der Waals surface area contributed by atoms with Gasteiger partial charge in [0.1, 0.15) is 0 Å². The van der Waals surface area contributed by atoms with E-state index in [9.17, 15) is 14.4 Å². The Morgan fingerprint density at radius 2 is 1.88 bits per heavy atom. The quantitative estimate of drug-likeness (QED) is 0.693. The zero-order chi connectivity index (χ0) is 18.4. The second-order valence-corrected chi connectivity index (χ2v) is 6.76. The second-order valence-electron chi connectivity index (χ2n) is 5.65. The number of benzene rings is 1. The lowest BCUT2D eigenvalue weighted by Crippen LogP contribution is -2.32. The van der Waals surface area contributed by atoms with Gasteiger partial charge in [0.05, 0.1) is 17.1 Å². The highest BCUT2D eigenvalue weighted by atomic mass is 32.2. The Labute approximate surface area is 151 Å². The monoisotopic (exact) mass is 362 g/mol. The van der Waals surface area contributed by atoms with Crippen molar-refractivity contribution in [3.05, 3.63) is 34.7 Å². The fourth-order valence-corrected chi connectivity index (χ4v) is 3.41. The molecule has 3 amide bonds. The molecule has 1 aliphatic heterocycles. The van der Waals surface area contributed by atoms with Crippen LogP contribution in [-0.2, 0) is 14.4 Å². The van der Waals surface area contributed by atoms with Crippen LogP contribution in [0, 0.1) is 0 Å². The number of amides is 3. The molecule has 0 fully saturated rings. The smallest absolute Gasteiger partial charge is 0.267 e. The Morgan fingerprint density at radius 3 is 2.44 bits per heavy atom. The molecule has 0 aromatic heterocycles. The summed E-state index contributed by atoms with van der Waals surface area (Å²) in [6, 6.07) is 6.83. The van der Waals surface area contributed by atoms with Crippen LogP contribution in [0.5, 0.6) is 0 Å². The van der Waals surface area contributed by atoms with Crippen molar-refractivity contribution >= 4 is 40.7 Å². The van der Waals surface area contributed by atoms with Crippen molar-refractivity contribution in [2.24, 2.45) is 0 Å². The molecule has 6 nitrogen and oxygen atoms in total. The first-order valence-corrected chi connectivity index (χ1v) is 9.20. The molecule has 2 N–H and O–H groups in total. The van der Waals surface area contributed by atoms with E-state index in [4.69, 9.17) is 5.11 Å². The summed E-state index contributed by atoms with van der Waals surface area (Å²) in [4.78, 5) is 38.1. The third-order valence-electron chi connectivity index (χ3n) is 3.69. The number of aliphatic hydroxyl groups is 1. The van der Waals surface area contributed by atoms with Crippen LogP contribution in [0.4, 0.5) is 5.69 Å². The van der Waals surface area contributed by atoms with Gasteiger partial charge >= 0.3 is 0 Å². The van der Waals surface area contributed by atoms with Gasteiger partial charge in [-0.15, -0.1) is 11.8 Å². The molecule has 0 spiro atoms. The van der Waals surface area contributed by atoms with Crippen molar-refractivity contribution < 1.29 is 19.5 Å². The summed E-state index contributed by atoms with van der Waals surface area (Å²) >= 11 is 1.20. The number of nitrogens with zero attached hydrogens (tertiary/aromatic N) is 1. The first-order chi connectivity index (χ1) is 12.0. The van der Waals surface area contributed by atoms with E-state index >= 15 is 0 Å². The van der Waals surface area contributed by atoms with Gasteiger partial charge in [0, 0.05) is 24.9 Å². The van der Waals surface area contributed by atoms with E-state index in [0.717, 1.165) is 12.8 Å². The number of carbonyl (C=O) groups excluding carboxylic acids is 3. The van der Waals surface area contributed by atoms with E-state index in [2.05, 4.69) is 5.32 Å². The number of unbranched alkanes of at least 4 members (excludes halogenated alkanes) is 1. The fourth-order valence-electron chi connectivity index (χ4n) is 2.53. The number of hydrogen-bond acceptors (Lipinski definition) is 5. The van der Waals surface area contributed by atoms with E-state index in [-0.39, 0.29) is 24.3 Å². The highest BCUT2D eigenvalue weighted by Crippen LogP contribution is 2.36. The van der Waals surface area contributed by atoms with E-state index in [1.54, 1.807) is 24.3 Å². The molecule has 2 rings (SSSR count). The third kappa shape index (κ3) is 4.49. The molecule has 1 aromatic carbocycles. The minimum Gasteiger partial charge on any atom is -0.396 e. The topological polar surface area (TPSA) is 86.7 Å². The Morgan fingerprint density at radius 1 is 1.20 bits per heavy atom. The summed E-state index contributed by atoms with van der Waals surface area (Å²) in [5.74, 6) is -0.420. The predicted octanol–water partition coefficient (Wildman–Crippen LogP) is 2.25. The molecular weight excluding hydrogens is 340 g/mol. The van der Waals surface area contributed by atoms with Gasteiger partial charge in [-0.1, -0.05) is 25.5 Å². The number of rotatable bonds is 8. The van der Waals surface area contributed by atoms with E-state index in [1.807, 2.05) is 6.92 Å². The van der Waals surface area contributed by atoms with Gasteiger partial charge in [0.25, 0.3) is 11.8 Å². The number of aliphatic hydroxyl groups excluding tert-OH is 1. The summed E-state index contributed by atoms with van der Waals surface area (Å²) in [5.41, 5.74) is 1.63. The Hall–Kier alpha value is -2.12. The van der Waals surface area contributed by atoms with Crippen molar-refractivity contribution in [1.29, 1.82) is 0 Å². The van der Waals surface area contributed by atoms with Crippen molar-refractivity contribution in [1.82, 2.24) is 4.90 Å². The average molecular weight is 362 g/mol. The highest BCUT2D eigenvalue weighted by Gasteiger charge is 2.38. The molecule has 0 bridgehead atoms. The second kappa shape index (κ2) is 8.82. The zero-order valence-corrected chi connectivity index (χ0v) is 15.2. The third-order valence-corrected chi connectivity index (χ3v) is 4.75. The first-order valence-electron chi connectivity index (χ1n) is 8.21. The number of nitrogens with one attached hydrogen (secondary N) is 1. The summed E-state index contributed by atoms with van der Waals surface area (Å²) in [7, 11) is 0. The lowest BCUT2D eigenvalue weighted by atomic mass is 10.1. The molecule has 0 saturated heterocycles. The fraction of sp³-hybridized carbons (Fsp3) is 0.389. The van der Waals surface area contributed by atoms with Crippen molar-refractivity contribution in [3.8, 4) is 0 Å². The van der Waals surface area contributed by atoms with Gasteiger partial charge in [-0.3, -0.25) is 19.3 Å². The Balaban J connectivity index is 2.34. The molecule has 1 heterocycles. The van der Waals surface area contributed by atoms with Gasteiger partial charge in [-0.05, 0) is 24.1 Å². The van der Waals surface area contributed by atoms with Gasteiger partial charge in [0.15, 0.2) is 0 Å². The molecule has 0 atom stereocenters. The van der Waals surface area contributed by atoms with Gasteiger partial charge in [-0.2, -0.15) is 0 Å². The highest BCUT2D eigenvalue weighted by molar-refractivity contribution is 8.04. The molecule has 7 heteroatoms. The molecule has 25 heavy (non-hydrogen) atoms. The zero-order valence-electron chi connectivity index (χ0n) is 14.4. The molecular formula is C18H22N2O4S. The van der Waals surface area contributed by atoms with Gasteiger partial charge in [-0.25, -0.2) is 0 Å². The standard InChI is InChI=1S/C18H22N2O4S/c1-3-4-9-20-17(23)15(16(18(20)24)25-11-10-21)13-5-7-14(8-6-13)19-12(2)22/h5-8,21H,3-4,9-11H2,1-2H3,(H,19,22). The van der Waals surface area contributed by atoms with Crippen LogP contribution in [0.1, 0.15) is 32.3 Å². The summed E-state index contributed by atoms with van der Waals surface area (Å²) in [6.45, 7) is 3.75. The lowest BCUT2D eigenvalue weighted by Gasteiger charge is -2.14. The summed E-state index contributed by atoms with van der Waals surface area (Å²) in [6.07, 6.45) is 1.64. The SMILES string of the molecule is CCCCN1C(=O)C(SCCO)=C(c2ccc(NC(C)=O)cc2)C1=O. The molecule has 1 aromatic rings. The van der Waals surface area contributed by atoms with Crippen molar-refractivity contribution in [2.75, 3.05) is 24.2 Å². The molecule has 0 radical (unpaired) electrons. The molecule has 0 saturated carbocycles. The van der Waals surface area contributed by atoms with E-state index < -0.39 is 0 Å². The van der Waals surface area contributed by atoms with Crippen LogP contribution in [0.3, 0.4) is 0 Å². The van der Waals surface area contributed by atoms with Gasteiger partial charge in [0.2, 0.25) is 5.91 Å². The van der Waals surface area contributed by atoms with Crippen LogP contribution >= 0.6 is 11.8 Å².